The van der Waals surface area contributed by atoms with Crippen molar-refractivity contribution in [3.63, 3.8) is 0 Å². The highest BCUT2D eigenvalue weighted by Crippen LogP contribution is 2.54. The third-order valence-corrected chi connectivity index (χ3v) is 8.97. The molecule has 37 heavy (non-hydrogen) atoms. The molecule has 2 heterocycles. The number of ether oxygens (including phenoxy) is 1. The molecule has 3 aliphatic rings. The third-order valence-electron chi connectivity index (χ3n) is 7.71. The quantitative estimate of drug-likeness (QED) is 0.482. The molecule has 2 aromatic rings. The smallest absolute Gasteiger partial charge is 0.257 e. The first-order valence-corrected chi connectivity index (χ1v) is 14.7. The van der Waals surface area contributed by atoms with Gasteiger partial charge in [0, 0.05) is 37.6 Å². The molecular weight excluding hydrogens is 492 g/mol. The first-order chi connectivity index (χ1) is 17.8. The van der Waals surface area contributed by atoms with Crippen LogP contribution in [0.2, 0.25) is 0 Å². The number of aliphatic hydroxyl groups is 1. The topological polar surface area (TPSA) is 111 Å². The summed E-state index contributed by atoms with van der Waals surface area (Å²) in [4.78, 5) is 18.0. The number of hydrogen-bond donors (Lipinski definition) is 3. The van der Waals surface area contributed by atoms with E-state index in [2.05, 4.69) is 26.8 Å². The zero-order chi connectivity index (χ0) is 26.0. The molecule has 0 bridgehead atoms. The Balaban J connectivity index is 1.38. The van der Waals surface area contributed by atoms with Crippen molar-refractivity contribution in [3.8, 4) is 0 Å². The molecule has 9 nitrogen and oxygen atoms in total. The summed E-state index contributed by atoms with van der Waals surface area (Å²) in [6, 6.07) is 12.8. The van der Waals surface area contributed by atoms with Gasteiger partial charge in [0.2, 0.25) is 10.0 Å². The van der Waals surface area contributed by atoms with Crippen LogP contribution < -0.4 is 19.8 Å². The van der Waals surface area contributed by atoms with Gasteiger partial charge in [-0.1, -0.05) is 6.07 Å². The van der Waals surface area contributed by atoms with E-state index >= 15 is 0 Å². The van der Waals surface area contributed by atoms with Gasteiger partial charge in [-0.25, -0.2) is 8.42 Å². The lowest BCUT2D eigenvalue weighted by molar-refractivity contribution is 0.0532. The lowest BCUT2D eigenvalue weighted by Gasteiger charge is -2.35. The summed E-state index contributed by atoms with van der Waals surface area (Å²) in [5.41, 5.74) is 3.81. The number of rotatable bonds is 8. The molecule has 3 N–H and O–H groups in total. The van der Waals surface area contributed by atoms with Crippen molar-refractivity contribution in [2.24, 2.45) is 5.41 Å². The van der Waals surface area contributed by atoms with Crippen molar-refractivity contribution >= 4 is 38.7 Å². The minimum Gasteiger partial charge on any atom is -0.395 e. The van der Waals surface area contributed by atoms with Crippen LogP contribution in [0.5, 0.6) is 0 Å². The number of anilines is 4. The summed E-state index contributed by atoms with van der Waals surface area (Å²) < 4.78 is 32.7. The van der Waals surface area contributed by atoms with Crippen molar-refractivity contribution in [2.45, 2.75) is 38.7 Å². The average Bonchev–Trinajstić information content (AvgIpc) is 3.63. The van der Waals surface area contributed by atoms with Crippen LogP contribution in [0.25, 0.3) is 0 Å². The number of morpholine rings is 1. The van der Waals surface area contributed by atoms with E-state index in [-0.39, 0.29) is 17.8 Å². The molecular formula is C27H36N4O5S. The molecule has 3 fully saturated rings. The summed E-state index contributed by atoms with van der Waals surface area (Å²) in [5, 5.41) is 12.1. The highest BCUT2D eigenvalue weighted by atomic mass is 32.2. The van der Waals surface area contributed by atoms with E-state index in [1.807, 2.05) is 24.3 Å². The first-order valence-electron chi connectivity index (χ1n) is 13.0. The second-order valence-electron chi connectivity index (χ2n) is 10.5. The van der Waals surface area contributed by atoms with Gasteiger partial charge in [-0.3, -0.25) is 9.52 Å². The van der Waals surface area contributed by atoms with Crippen LogP contribution in [0.1, 0.15) is 43.0 Å². The number of nitrogens with one attached hydrogen (secondary N) is 2. The van der Waals surface area contributed by atoms with Crippen molar-refractivity contribution in [3.05, 3.63) is 48.0 Å². The maximum atomic E-state index is 13.5. The highest BCUT2D eigenvalue weighted by Gasteiger charge is 2.44. The number of amides is 1. The Morgan fingerprint density at radius 2 is 1.84 bits per heavy atom. The molecule has 0 aromatic heterocycles. The molecule has 1 aliphatic carbocycles. The summed E-state index contributed by atoms with van der Waals surface area (Å²) >= 11 is 0. The van der Waals surface area contributed by atoms with Gasteiger partial charge < -0.3 is 25.0 Å². The zero-order valence-electron chi connectivity index (χ0n) is 21.3. The molecule has 1 saturated carbocycles. The lowest BCUT2D eigenvalue weighted by Crippen LogP contribution is -2.41. The van der Waals surface area contributed by atoms with Crippen LogP contribution in [-0.2, 0) is 14.8 Å². The molecule has 1 spiro atoms. The van der Waals surface area contributed by atoms with Gasteiger partial charge in [-0.05, 0) is 74.4 Å². The Hall–Kier alpha value is -2.82. The molecule has 10 heteroatoms. The van der Waals surface area contributed by atoms with Gasteiger partial charge in [-0.2, -0.15) is 0 Å². The van der Waals surface area contributed by atoms with Crippen LogP contribution in [-0.4, -0.2) is 70.7 Å². The van der Waals surface area contributed by atoms with E-state index in [4.69, 9.17) is 9.84 Å². The van der Waals surface area contributed by atoms with Crippen LogP contribution in [0.3, 0.4) is 0 Å². The Kier molecular flexibility index (Phi) is 7.33. The normalized spacial score (nSPS) is 21.1. The number of carbonyl (C=O) groups is 1. The van der Waals surface area contributed by atoms with Gasteiger partial charge in [0.1, 0.15) is 0 Å². The van der Waals surface area contributed by atoms with E-state index in [9.17, 15) is 13.2 Å². The maximum Gasteiger partial charge on any atom is 0.257 e. The number of hydrogen-bond acceptors (Lipinski definition) is 7. The zero-order valence-corrected chi connectivity index (χ0v) is 22.1. The van der Waals surface area contributed by atoms with Gasteiger partial charge in [0.05, 0.1) is 42.0 Å². The lowest BCUT2D eigenvalue weighted by atomic mass is 9.93. The third kappa shape index (κ3) is 6.19. The molecule has 2 aliphatic heterocycles. The Bertz CT molecular complexity index is 1240. The van der Waals surface area contributed by atoms with Crippen molar-refractivity contribution in [2.75, 3.05) is 65.0 Å². The SMILES string of the molecule is C[C@@H]1CN(c2cccc(NC(=O)c3ccc(NS(=O)(=O)CCO)cc3N3CCC4(CC3)CC4)c2)CCO1. The summed E-state index contributed by atoms with van der Waals surface area (Å²) in [5.74, 6) is -0.617. The summed E-state index contributed by atoms with van der Waals surface area (Å²) in [6.07, 6.45) is 4.85. The van der Waals surface area contributed by atoms with E-state index in [1.54, 1.807) is 18.2 Å². The molecule has 0 unspecified atom stereocenters. The number of nitrogens with zero attached hydrogens (tertiary/aromatic N) is 2. The fourth-order valence-electron chi connectivity index (χ4n) is 5.33. The standard InChI is InChI=1S/C27H36N4O5S/c1-20-19-31(13-15-36-20)23-4-2-3-21(17-23)28-26(33)24-6-5-22(29-37(34,35)16-14-32)18-25(24)30-11-9-27(7-8-27)10-12-30/h2-6,17-18,20,29,32H,7-16,19H2,1H3,(H,28,33)/t20-/m1/s1. The second kappa shape index (κ2) is 10.5. The molecule has 2 saturated heterocycles. The number of benzene rings is 2. The van der Waals surface area contributed by atoms with E-state index in [1.165, 1.54) is 12.8 Å². The van der Waals surface area contributed by atoms with Crippen LogP contribution in [0.15, 0.2) is 42.5 Å². The molecule has 1 amide bonds. The van der Waals surface area contributed by atoms with Crippen LogP contribution >= 0.6 is 0 Å². The number of aliphatic hydroxyl groups excluding tert-OH is 1. The highest BCUT2D eigenvalue weighted by molar-refractivity contribution is 7.92. The molecule has 2 aromatic carbocycles. The largest absolute Gasteiger partial charge is 0.395 e. The van der Waals surface area contributed by atoms with E-state index in [0.717, 1.165) is 50.4 Å². The number of piperidine rings is 1. The second-order valence-corrected chi connectivity index (χ2v) is 12.3. The van der Waals surface area contributed by atoms with Crippen molar-refractivity contribution in [1.82, 2.24) is 0 Å². The Morgan fingerprint density at radius 3 is 2.54 bits per heavy atom. The predicted octanol–water partition coefficient (Wildman–Crippen LogP) is 3.28. The van der Waals surface area contributed by atoms with E-state index < -0.39 is 16.6 Å². The average molecular weight is 529 g/mol. The van der Waals surface area contributed by atoms with Gasteiger partial charge in [0.25, 0.3) is 5.91 Å². The fraction of sp³-hybridized carbons (Fsp3) is 0.519. The Labute approximate surface area is 218 Å². The molecule has 5 rings (SSSR count). The minimum atomic E-state index is -3.67. The summed E-state index contributed by atoms with van der Waals surface area (Å²) in [6.45, 7) is 5.53. The maximum absolute atomic E-state index is 13.5. The van der Waals surface area contributed by atoms with Crippen molar-refractivity contribution in [1.29, 1.82) is 0 Å². The predicted molar refractivity (Wildman–Crippen MR) is 146 cm³/mol. The Morgan fingerprint density at radius 1 is 1.05 bits per heavy atom. The minimum absolute atomic E-state index is 0.155. The summed E-state index contributed by atoms with van der Waals surface area (Å²) in [7, 11) is -3.67. The molecule has 0 radical (unpaired) electrons. The van der Waals surface area contributed by atoms with Gasteiger partial charge >= 0.3 is 0 Å². The van der Waals surface area contributed by atoms with Crippen molar-refractivity contribution < 1.29 is 23.1 Å². The van der Waals surface area contributed by atoms with Gasteiger partial charge in [-0.15, -0.1) is 0 Å². The first kappa shape index (κ1) is 25.8. The molecule has 1 atom stereocenters. The van der Waals surface area contributed by atoms with Crippen LogP contribution in [0, 0.1) is 5.41 Å². The van der Waals surface area contributed by atoms with Crippen LogP contribution in [0.4, 0.5) is 22.7 Å². The monoisotopic (exact) mass is 528 g/mol. The molecule has 200 valence electrons. The fourth-order valence-corrected chi connectivity index (χ4v) is 6.16. The van der Waals surface area contributed by atoms with Gasteiger partial charge in [0.15, 0.2) is 0 Å². The van der Waals surface area contributed by atoms with E-state index in [0.29, 0.717) is 29.0 Å². The number of carbonyl (C=O) groups excluding carboxylic acids is 1. The number of sulfonamides is 1.